The van der Waals surface area contributed by atoms with Crippen molar-refractivity contribution in [3.8, 4) is 0 Å². The van der Waals surface area contributed by atoms with Gasteiger partial charge in [0.1, 0.15) is 12.0 Å². The Morgan fingerprint density at radius 3 is 2.39 bits per heavy atom. The average molecular weight is 237 g/mol. The van der Waals surface area contributed by atoms with Gasteiger partial charge in [-0.25, -0.2) is 0 Å². The molecule has 90 valence electrons. The van der Waals surface area contributed by atoms with Crippen molar-refractivity contribution in [3.05, 3.63) is 65.7 Å². The molecule has 0 saturated heterocycles. The van der Waals surface area contributed by atoms with Gasteiger partial charge in [0.25, 0.3) is 0 Å². The Morgan fingerprint density at radius 2 is 1.61 bits per heavy atom. The maximum atomic E-state index is 4.33. The lowest BCUT2D eigenvalue weighted by Gasteiger charge is -2.30. The first-order valence-electron chi connectivity index (χ1n) is 6.02. The fraction of sp³-hybridized carbons (Fsp3) is 0.133. The summed E-state index contributed by atoms with van der Waals surface area (Å²) in [6.45, 7) is 0. The van der Waals surface area contributed by atoms with E-state index in [2.05, 4.69) is 39.9 Å². The molecule has 0 saturated carbocycles. The van der Waals surface area contributed by atoms with Crippen LogP contribution in [0.1, 0.15) is 17.3 Å². The molecule has 0 fully saturated rings. The quantitative estimate of drug-likeness (QED) is 0.800. The van der Waals surface area contributed by atoms with E-state index in [1.807, 2.05) is 37.4 Å². The van der Waals surface area contributed by atoms with Gasteiger partial charge in [-0.2, -0.15) is 0 Å². The third kappa shape index (κ3) is 1.84. The van der Waals surface area contributed by atoms with Crippen molar-refractivity contribution in [3.63, 3.8) is 0 Å². The van der Waals surface area contributed by atoms with E-state index in [4.69, 9.17) is 0 Å². The molecule has 2 aromatic carbocycles. The molecule has 0 spiro atoms. The topological polar surface area (TPSA) is 36.4 Å². The molecule has 1 aliphatic heterocycles. The van der Waals surface area contributed by atoms with Crippen LogP contribution in [0.5, 0.6) is 0 Å². The van der Waals surface area contributed by atoms with E-state index in [1.165, 1.54) is 5.56 Å². The highest BCUT2D eigenvalue weighted by Crippen LogP contribution is 2.26. The van der Waals surface area contributed by atoms with E-state index in [0.29, 0.717) is 0 Å². The number of nitrogens with zero attached hydrogens (tertiary/aromatic N) is 1. The van der Waals surface area contributed by atoms with Crippen LogP contribution in [0.25, 0.3) is 0 Å². The summed E-state index contributed by atoms with van der Waals surface area (Å²) in [5.41, 5.74) is 3.44. The molecule has 1 aliphatic rings. The predicted octanol–water partition coefficient (Wildman–Crippen LogP) is 2.78. The van der Waals surface area contributed by atoms with Crippen molar-refractivity contribution < 1.29 is 0 Å². The highest BCUT2D eigenvalue weighted by molar-refractivity contribution is 6.05. The Hall–Kier alpha value is -2.29. The lowest BCUT2D eigenvalue weighted by Crippen LogP contribution is -2.38. The number of anilines is 1. The molecule has 0 bridgehead atoms. The number of rotatable bonds is 1. The lowest BCUT2D eigenvalue weighted by atomic mass is 10.1. The van der Waals surface area contributed by atoms with Crippen LogP contribution in [-0.2, 0) is 0 Å². The molecule has 18 heavy (non-hydrogen) atoms. The second-order valence-electron chi connectivity index (χ2n) is 4.25. The van der Waals surface area contributed by atoms with Crippen LogP contribution in [0.4, 0.5) is 5.69 Å². The van der Waals surface area contributed by atoms with Crippen molar-refractivity contribution in [2.75, 3.05) is 12.4 Å². The molecule has 3 heteroatoms. The summed E-state index contributed by atoms with van der Waals surface area (Å²) < 4.78 is 0. The summed E-state index contributed by atoms with van der Waals surface area (Å²) in [7, 11) is 1.81. The Morgan fingerprint density at radius 1 is 0.889 bits per heavy atom. The fourth-order valence-corrected chi connectivity index (χ4v) is 2.22. The fourth-order valence-electron chi connectivity index (χ4n) is 2.22. The van der Waals surface area contributed by atoms with Crippen LogP contribution < -0.4 is 10.6 Å². The van der Waals surface area contributed by atoms with Crippen LogP contribution in [-0.4, -0.2) is 12.9 Å². The number of fused-ring (bicyclic) bond motifs is 1. The van der Waals surface area contributed by atoms with Crippen LogP contribution in [0.3, 0.4) is 0 Å². The molecule has 0 aromatic heterocycles. The summed E-state index contributed by atoms with van der Waals surface area (Å²) in [5, 5.41) is 6.90. The minimum Gasteiger partial charge on any atom is -0.361 e. The van der Waals surface area contributed by atoms with Gasteiger partial charge in [0, 0.05) is 18.3 Å². The van der Waals surface area contributed by atoms with E-state index in [9.17, 15) is 0 Å². The van der Waals surface area contributed by atoms with Crippen molar-refractivity contribution in [1.82, 2.24) is 5.32 Å². The molecule has 3 nitrogen and oxygen atoms in total. The first-order valence-corrected chi connectivity index (χ1v) is 6.02. The summed E-state index contributed by atoms with van der Waals surface area (Å²) in [6, 6.07) is 18.5. The zero-order valence-corrected chi connectivity index (χ0v) is 10.2. The molecule has 2 N–H and O–H groups in total. The summed E-state index contributed by atoms with van der Waals surface area (Å²) in [4.78, 5) is 4.33. The minimum absolute atomic E-state index is 0.0693. The number of benzene rings is 2. The Labute approximate surface area is 107 Å². The normalized spacial score (nSPS) is 19.8. The third-order valence-corrected chi connectivity index (χ3v) is 3.12. The lowest BCUT2D eigenvalue weighted by molar-refractivity contribution is 0.720. The molecule has 1 heterocycles. The van der Waals surface area contributed by atoms with E-state index < -0.39 is 0 Å². The number of amidine groups is 1. The summed E-state index contributed by atoms with van der Waals surface area (Å²) in [6.07, 6.45) is 0.0693. The van der Waals surface area contributed by atoms with E-state index in [1.54, 1.807) is 0 Å². The van der Waals surface area contributed by atoms with Crippen molar-refractivity contribution in [2.45, 2.75) is 6.17 Å². The summed E-state index contributed by atoms with van der Waals surface area (Å²) >= 11 is 0. The monoisotopic (exact) mass is 237 g/mol. The number of hydrogen-bond acceptors (Lipinski definition) is 2. The molecule has 0 aliphatic carbocycles. The first kappa shape index (κ1) is 10.8. The number of aliphatic imine (C=N–C) groups is 1. The minimum atomic E-state index is 0.0693. The van der Waals surface area contributed by atoms with Gasteiger partial charge in [-0.1, -0.05) is 42.5 Å². The Bertz CT molecular complexity index is 575. The summed E-state index contributed by atoms with van der Waals surface area (Å²) in [5.74, 6) is 0.929. The highest BCUT2D eigenvalue weighted by Gasteiger charge is 2.21. The molecular weight excluding hydrogens is 222 g/mol. The SMILES string of the molecule is CN=C1NC(c2ccccc2)Nc2ccccc21. The maximum absolute atomic E-state index is 4.33. The third-order valence-electron chi connectivity index (χ3n) is 3.12. The number of para-hydroxylation sites is 1. The van der Waals surface area contributed by atoms with Gasteiger partial charge in [-0.3, -0.25) is 4.99 Å². The second kappa shape index (κ2) is 4.53. The zero-order chi connectivity index (χ0) is 12.4. The Kier molecular flexibility index (Phi) is 2.73. The maximum Gasteiger partial charge on any atom is 0.131 e. The van der Waals surface area contributed by atoms with Gasteiger partial charge in [-0.15, -0.1) is 0 Å². The van der Waals surface area contributed by atoms with Crippen LogP contribution in [0.2, 0.25) is 0 Å². The first-order chi connectivity index (χ1) is 8.88. The van der Waals surface area contributed by atoms with E-state index in [0.717, 1.165) is 17.1 Å². The van der Waals surface area contributed by atoms with Crippen LogP contribution in [0.15, 0.2) is 59.6 Å². The molecule has 1 atom stereocenters. The van der Waals surface area contributed by atoms with Crippen LogP contribution in [0, 0.1) is 0 Å². The number of nitrogens with one attached hydrogen (secondary N) is 2. The average Bonchev–Trinajstić information content (AvgIpc) is 2.47. The van der Waals surface area contributed by atoms with Gasteiger partial charge in [0.15, 0.2) is 0 Å². The van der Waals surface area contributed by atoms with Crippen molar-refractivity contribution >= 4 is 11.5 Å². The van der Waals surface area contributed by atoms with E-state index in [-0.39, 0.29) is 6.17 Å². The molecular formula is C15H15N3. The van der Waals surface area contributed by atoms with E-state index >= 15 is 0 Å². The Balaban J connectivity index is 2.00. The number of hydrogen-bond donors (Lipinski definition) is 2. The largest absolute Gasteiger partial charge is 0.361 e. The predicted molar refractivity (Wildman–Crippen MR) is 74.8 cm³/mol. The molecule has 3 rings (SSSR count). The van der Waals surface area contributed by atoms with Crippen molar-refractivity contribution in [1.29, 1.82) is 0 Å². The molecule has 1 unspecified atom stereocenters. The van der Waals surface area contributed by atoms with Gasteiger partial charge in [0.05, 0.1) is 0 Å². The molecule has 0 radical (unpaired) electrons. The van der Waals surface area contributed by atoms with Crippen molar-refractivity contribution in [2.24, 2.45) is 4.99 Å². The van der Waals surface area contributed by atoms with Crippen LogP contribution >= 0.6 is 0 Å². The smallest absolute Gasteiger partial charge is 0.131 e. The zero-order valence-electron chi connectivity index (χ0n) is 10.2. The molecule has 0 amide bonds. The highest BCUT2D eigenvalue weighted by atomic mass is 15.2. The standard InChI is InChI=1S/C15H15N3/c1-16-15-12-9-5-6-10-13(12)17-14(18-15)11-7-3-2-4-8-11/h2-10,14,17H,1H3,(H,16,18). The molecule has 2 aromatic rings. The van der Waals surface area contributed by atoms with Gasteiger partial charge in [0.2, 0.25) is 0 Å². The van der Waals surface area contributed by atoms with Gasteiger partial charge < -0.3 is 10.6 Å². The van der Waals surface area contributed by atoms with Gasteiger partial charge >= 0.3 is 0 Å². The second-order valence-corrected chi connectivity index (χ2v) is 4.25. The van der Waals surface area contributed by atoms with Gasteiger partial charge in [-0.05, 0) is 17.7 Å².